The van der Waals surface area contributed by atoms with Gasteiger partial charge in [0.2, 0.25) is 0 Å². The van der Waals surface area contributed by atoms with E-state index in [0.29, 0.717) is 36.2 Å². The number of nitrogens with one attached hydrogen (secondary N) is 1. The van der Waals surface area contributed by atoms with E-state index in [1.54, 1.807) is 24.1 Å². The quantitative estimate of drug-likeness (QED) is 0.286. The summed E-state index contributed by atoms with van der Waals surface area (Å²) in [7, 11) is 1.63. The summed E-state index contributed by atoms with van der Waals surface area (Å²) in [6.45, 7) is 13.1. The molecule has 1 N–H and O–H groups in total. The Morgan fingerprint density at radius 3 is 2.27 bits per heavy atom. The maximum absolute atomic E-state index is 13.2. The lowest BCUT2D eigenvalue weighted by atomic mass is 10.1. The van der Waals surface area contributed by atoms with E-state index in [2.05, 4.69) is 33.0 Å². The first-order valence-corrected chi connectivity index (χ1v) is 13.2. The Kier molecular flexibility index (Phi) is 10.0. The Balaban J connectivity index is 1.73. The minimum Gasteiger partial charge on any atom is -0.497 e. The number of carbonyl (C=O) groups excluding carboxylic acids is 2. The molecule has 0 saturated carbocycles. The third-order valence-electron chi connectivity index (χ3n) is 6.39. The molecule has 0 bridgehead atoms. The van der Waals surface area contributed by atoms with Crippen LogP contribution in [0.15, 0.2) is 52.9 Å². The molecule has 3 rings (SSSR count). The molecule has 0 radical (unpaired) electrons. The fraction of sp³-hybridized carbons (Fsp3) is 0.467. The summed E-state index contributed by atoms with van der Waals surface area (Å²) < 4.78 is 11.2. The van der Waals surface area contributed by atoms with Crippen molar-refractivity contribution in [3.63, 3.8) is 0 Å². The molecular weight excluding hydrogens is 466 g/mol. The van der Waals surface area contributed by atoms with Gasteiger partial charge < -0.3 is 24.3 Å². The second-order valence-corrected chi connectivity index (χ2v) is 10.3. The van der Waals surface area contributed by atoms with Crippen molar-refractivity contribution < 1.29 is 18.7 Å². The van der Waals surface area contributed by atoms with Crippen LogP contribution < -0.4 is 10.1 Å². The van der Waals surface area contributed by atoms with Gasteiger partial charge in [-0.3, -0.25) is 4.79 Å². The number of anilines is 1. The number of hydrogen-bond acceptors (Lipinski definition) is 4. The van der Waals surface area contributed by atoms with Crippen molar-refractivity contribution in [2.24, 2.45) is 11.8 Å². The van der Waals surface area contributed by atoms with Gasteiger partial charge in [0.25, 0.3) is 5.91 Å². The largest absolute Gasteiger partial charge is 0.497 e. The number of nitrogens with zero attached hydrogens (tertiary/aromatic N) is 2. The second-order valence-electron chi connectivity index (χ2n) is 10.3. The van der Waals surface area contributed by atoms with Crippen molar-refractivity contribution in [3.8, 4) is 5.75 Å². The third kappa shape index (κ3) is 8.00. The molecule has 0 atom stereocenters. The van der Waals surface area contributed by atoms with E-state index in [1.807, 2.05) is 48.2 Å². The first-order valence-electron chi connectivity index (χ1n) is 13.2. The number of benzene rings is 2. The van der Waals surface area contributed by atoms with Gasteiger partial charge in [0.05, 0.1) is 7.11 Å². The van der Waals surface area contributed by atoms with Crippen LogP contribution in [-0.2, 0) is 6.54 Å². The van der Waals surface area contributed by atoms with Gasteiger partial charge in [-0.05, 0) is 73.6 Å². The Morgan fingerprint density at radius 1 is 0.946 bits per heavy atom. The van der Waals surface area contributed by atoms with Gasteiger partial charge in [0.1, 0.15) is 11.3 Å². The summed E-state index contributed by atoms with van der Waals surface area (Å²) in [6.07, 6.45) is 1.92. The number of ether oxygens (including phenoxy) is 1. The first-order chi connectivity index (χ1) is 17.7. The van der Waals surface area contributed by atoms with Crippen molar-refractivity contribution in [1.29, 1.82) is 0 Å². The third-order valence-corrected chi connectivity index (χ3v) is 6.39. The first kappa shape index (κ1) is 28.1. The van der Waals surface area contributed by atoms with Gasteiger partial charge in [-0.25, -0.2) is 4.79 Å². The highest BCUT2D eigenvalue weighted by molar-refractivity contribution is 5.98. The van der Waals surface area contributed by atoms with Crippen LogP contribution in [0.1, 0.15) is 63.6 Å². The number of rotatable bonds is 12. The van der Waals surface area contributed by atoms with Gasteiger partial charge in [-0.1, -0.05) is 39.8 Å². The van der Waals surface area contributed by atoms with Crippen LogP contribution in [0.25, 0.3) is 11.0 Å². The van der Waals surface area contributed by atoms with E-state index >= 15 is 0 Å². The maximum Gasteiger partial charge on any atom is 0.321 e. The highest BCUT2D eigenvalue weighted by Crippen LogP contribution is 2.25. The lowest BCUT2D eigenvalue weighted by Crippen LogP contribution is -2.37. The predicted octanol–water partition coefficient (Wildman–Crippen LogP) is 7.03. The summed E-state index contributed by atoms with van der Waals surface area (Å²) >= 11 is 0. The van der Waals surface area contributed by atoms with Gasteiger partial charge in [-0.2, -0.15) is 0 Å². The molecule has 0 fully saturated rings. The van der Waals surface area contributed by atoms with Crippen LogP contribution in [-0.4, -0.2) is 48.5 Å². The summed E-state index contributed by atoms with van der Waals surface area (Å²) in [5, 5.41) is 3.81. The molecule has 200 valence electrons. The number of urea groups is 1. The highest BCUT2D eigenvalue weighted by atomic mass is 16.5. The number of furan rings is 1. The van der Waals surface area contributed by atoms with E-state index in [9.17, 15) is 9.59 Å². The average Bonchev–Trinajstić information content (AvgIpc) is 3.30. The lowest BCUT2D eigenvalue weighted by Gasteiger charge is -2.25. The predicted molar refractivity (Wildman–Crippen MR) is 149 cm³/mol. The molecule has 37 heavy (non-hydrogen) atoms. The van der Waals surface area contributed by atoms with Crippen molar-refractivity contribution in [3.05, 3.63) is 59.9 Å². The van der Waals surface area contributed by atoms with E-state index < -0.39 is 0 Å². The van der Waals surface area contributed by atoms with Gasteiger partial charge in [0, 0.05) is 37.3 Å². The molecule has 0 aliphatic carbocycles. The summed E-state index contributed by atoms with van der Waals surface area (Å²) in [6, 6.07) is 14.8. The zero-order chi connectivity index (χ0) is 26.9. The molecule has 0 spiro atoms. The fourth-order valence-electron chi connectivity index (χ4n) is 4.05. The molecule has 7 nitrogen and oxygen atoms in total. The molecule has 0 aliphatic heterocycles. The molecule has 3 aromatic rings. The second kappa shape index (κ2) is 13.2. The molecule has 0 aliphatic rings. The zero-order valence-corrected chi connectivity index (χ0v) is 23.0. The fourth-order valence-corrected chi connectivity index (χ4v) is 4.05. The number of fused-ring (bicyclic) bond motifs is 1. The number of amides is 3. The van der Waals surface area contributed by atoms with Crippen LogP contribution in [0, 0.1) is 11.8 Å². The molecule has 7 heteroatoms. The smallest absolute Gasteiger partial charge is 0.321 e. The maximum atomic E-state index is 13.2. The van der Waals surface area contributed by atoms with Crippen LogP contribution >= 0.6 is 0 Å². The normalized spacial score (nSPS) is 11.2. The van der Waals surface area contributed by atoms with Crippen LogP contribution in [0.2, 0.25) is 0 Å². The standard InChI is InChI=1S/C30H41N3O4/c1-7-32(20-23-9-8-10-26(17-23)36-6)29(34)28-19-24-18-25(11-12-27(24)37-28)31-30(35)33(15-13-21(2)3)16-14-22(4)5/h8-12,17-19,21-22H,7,13-16,20H2,1-6H3,(H,31,35). The van der Waals surface area contributed by atoms with Crippen LogP contribution in [0.4, 0.5) is 10.5 Å². The molecule has 2 aromatic carbocycles. The minimum absolute atomic E-state index is 0.101. The lowest BCUT2D eigenvalue weighted by molar-refractivity contribution is 0.0722. The zero-order valence-electron chi connectivity index (χ0n) is 23.0. The number of carbonyl (C=O) groups is 2. The van der Waals surface area contributed by atoms with Crippen LogP contribution in [0.5, 0.6) is 5.75 Å². The molecule has 0 unspecified atom stereocenters. The Labute approximate surface area is 220 Å². The summed E-state index contributed by atoms with van der Waals surface area (Å²) in [5.74, 6) is 1.91. The molecular formula is C30H41N3O4. The van der Waals surface area contributed by atoms with E-state index in [4.69, 9.17) is 9.15 Å². The molecule has 3 amide bonds. The molecule has 0 saturated heterocycles. The van der Waals surface area contributed by atoms with E-state index in [-0.39, 0.29) is 17.7 Å². The van der Waals surface area contributed by atoms with Crippen molar-refractivity contribution in [2.45, 2.75) is 54.0 Å². The Hall–Kier alpha value is -3.48. The van der Waals surface area contributed by atoms with Gasteiger partial charge >= 0.3 is 6.03 Å². The van der Waals surface area contributed by atoms with E-state index in [0.717, 1.165) is 42.6 Å². The number of methoxy groups -OCH3 is 1. The highest BCUT2D eigenvalue weighted by Gasteiger charge is 2.20. The van der Waals surface area contributed by atoms with Gasteiger partial charge in [0.15, 0.2) is 5.76 Å². The minimum atomic E-state index is -0.180. The average molecular weight is 508 g/mol. The van der Waals surface area contributed by atoms with Crippen LogP contribution in [0.3, 0.4) is 0 Å². The van der Waals surface area contributed by atoms with Gasteiger partial charge in [-0.15, -0.1) is 0 Å². The van der Waals surface area contributed by atoms with Crippen molar-refractivity contribution >= 4 is 28.6 Å². The van der Waals surface area contributed by atoms with E-state index in [1.165, 1.54) is 0 Å². The monoisotopic (exact) mass is 507 g/mol. The topological polar surface area (TPSA) is 75.0 Å². The Morgan fingerprint density at radius 2 is 1.65 bits per heavy atom. The Bertz CT molecular complexity index is 1170. The van der Waals surface area contributed by atoms with Crippen molar-refractivity contribution in [1.82, 2.24) is 9.80 Å². The molecule has 1 heterocycles. The number of hydrogen-bond donors (Lipinski definition) is 1. The summed E-state index contributed by atoms with van der Waals surface area (Å²) in [4.78, 5) is 29.9. The SMILES string of the molecule is CCN(Cc1cccc(OC)c1)C(=O)c1cc2cc(NC(=O)N(CCC(C)C)CCC(C)C)ccc2o1. The van der Waals surface area contributed by atoms with Crippen molar-refractivity contribution in [2.75, 3.05) is 32.1 Å². The summed E-state index contributed by atoms with van der Waals surface area (Å²) in [5.41, 5.74) is 2.27. The molecule has 1 aromatic heterocycles.